The first kappa shape index (κ1) is 18.6. The Morgan fingerprint density at radius 2 is 1.85 bits per heavy atom. The number of hydrogen-bond donors (Lipinski definition) is 0. The van der Waals surface area contributed by atoms with E-state index in [1.807, 2.05) is 38.1 Å². The Morgan fingerprint density at radius 1 is 1.25 bits per heavy atom. The van der Waals surface area contributed by atoms with Crippen LogP contribution >= 0.6 is 15.9 Å². The summed E-state index contributed by atoms with van der Waals surface area (Å²) in [6, 6.07) is 7.99. The second-order valence-electron chi connectivity index (χ2n) is 4.04. The Kier molecular flexibility index (Phi) is 10.7. The van der Waals surface area contributed by atoms with Gasteiger partial charge in [-0.15, -0.1) is 0 Å². The van der Waals surface area contributed by atoms with Crippen LogP contribution in [0.1, 0.15) is 26.3 Å². The summed E-state index contributed by atoms with van der Waals surface area (Å²) >= 11 is 3.37. The Balaban J connectivity index is 0.000000621. The second kappa shape index (κ2) is 11.5. The number of carbonyl (C=O) groups is 2. The van der Waals surface area contributed by atoms with Gasteiger partial charge in [0.2, 0.25) is 0 Å². The van der Waals surface area contributed by atoms with Crippen molar-refractivity contribution in [2.24, 2.45) is 5.92 Å². The van der Waals surface area contributed by atoms with Gasteiger partial charge in [-0.2, -0.15) is 0 Å². The van der Waals surface area contributed by atoms with E-state index in [0.29, 0.717) is 19.7 Å². The van der Waals surface area contributed by atoms with E-state index in [1.165, 1.54) is 0 Å². The van der Waals surface area contributed by atoms with Gasteiger partial charge in [-0.05, 0) is 38.0 Å². The quantitative estimate of drug-likeness (QED) is 0.586. The molecular weight excluding hydrogens is 324 g/mol. The minimum absolute atomic E-state index is 0.0777. The predicted molar refractivity (Wildman–Crippen MR) is 81.3 cm³/mol. The molecule has 0 aromatic heterocycles. The molecule has 1 unspecified atom stereocenters. The second-order valence-corrected chi connectivity index (χ2v) is 4.95. The molecule has 0 saturated carbocycles. The predicted octanol–water partition coefficient (Wildman–Crippen LogP) is 3.37. The van der Waals surface area contributed by atoms with Gasteiger partial charge in [0.05, 0.1) is 19.1 Å². The molecule has 0 bridgehead atoms. The lowest BCUT2D eigenvalue weighted by Crippen LogP contribution is -2.16. The van der Waals surface area contributed by atoms with E-state index < -0.39 is 0 Å². The normalized spacial score (nSPS) is 10.8. The molecule has 1 atom stereocenters. The highest BCUT2D eigenvalue weighted by Gasteiger charge is 2.14. The Labute approximate surface area is 128 Å². The van der Waals surface area contributed by atoms with Crippen LogP contribution in [0.15, 0.2) is 28.7 Å². The first-order chi connectivity index (χ1) is 9.54. The van der Waals surface area contributed by atoms with Crippen molar-refractivity contribution >= 4 is 28.4 Å². The molecule has 0 amide bonds. The number of rotatable bonds is 6. The molecule has 112 valence electrons. The van der Waals surface area contributed by atoms with Gasteiger partial charge in [-0.1, -0.05) is 35.0 Å². The zero-order valence-corrected chi connectivity index (χ0v) is 13.7. The van der Waals surface area contributed by atoms with E-state index in [2.05, 4.69) is 20.7 Å². The van der Waals surface area contributed by atoms with Gasteiger partial charge in [-0.3, -0.25) is 9.59 Å². The van der Waals surface area contributed by atoms with Gasteiger partial charge in [0.15, 0.2) is 0 Å². The maximum atomic E-state index is 11.4. The Bertz CT molecular complexity index is 389. The molecule has 0 spiro atoms. The molecule has 0 aliphatic rings. The zero-order chi connectivity index (χ0) is 15.4. The van der Waals surface area contributed by atoms with Gasteiger partial charge in [0.25, 0.3) is 6.47 Å². The summed E-state index contributed by atoms with van der Waals surface area (Å²) in [4.78, 5) is 20.6. The lowest BCUT2D eigenvalue weighted by atomic mass is 10.0. The third kappa shape index (κ3) is 8.69. The fraction of sp³-hybridized carbons (Fsp3) is 0.467. The maximum Gasteiger partial charge on any atom is 0.308 e. The van der Waals surface area contributed by atoms with Crippen LogP contribution in [0.25, 0.3) is 0 Å². The van der Waals surface area contributed by atoms with Crippen molar-refractivity contribution in [3.63, 3.8) is 0 Å². The van der Waals surface area contributed by atoms with Crippen molar-refractivity contribution in [3.05, 3.63) is 34.3 Å². The molecule has 5 heteroatoms. The SMILES string of the molecule is CCOC(=O)C(C)Cc1ccc(Br)cc1.CCOC=O. The lowest BCUT2D eigenvalue weighted by Gasteiger charge is -2.10. The minimum Gasteiger partial charge on any atom is -0.468 e. The largest absolute Gasteiger partial charge is 0.468 e. The maximum absolute atomic E-state index is 11.4. The van der Waals surface area contributed by atoms with Crippen molar-refractivity contribution in [1.29, 1.82) is 0 Å². The van der Waals surface area contributed by atoms with E-state index in [-0.39, 0.29) is 11.9 Å². The highest BCUT2D eigenvalue weighted by atomic mass is 79.9. The Hall–Kier alpha value is -1.36. The summed E-state index contributed by atoms with van der Waals surface area (Å²) in [7, 11) is 0. The summed E-state index contributed by atoms with van der Waals surface area (Å²) in [5.74, 6) is -0.202. The molecule has 0 aliphatic heterocycles. The molecule has 0 heterocycles. The van der Waals surface area contributed by atoms with Crippen LogP contribution in [0.3, 0.4) is 0 Å². The summed E-state index contributed by atoms with van der Waals surface area (Å²) in [6.07, 6.45) is 0.728. The molecule has 0 radical (unpaired) electrons. The molecule has 1 rings (SSSR count). The third-order valence-electron chi connectivity index (χ3n) is 2.38. The van der Waals surface area contributed by atoms with Gasteiger partial charge in [0, 0.05) is 4.47 Å². The highest BCUT2D eigenvalue weighted by molar-refractivity contribution is 9.10. The van der Waals surface area contributed by atoms with E-state index in [4.69, 9.17) is 4.74 Å². The van der Waals surface area contributed by atoms with Crippen molar-refractivity contribution in [2.75, 3.05) is 13.2 Å². The van der Waals surface area contributed by atoms with Crippen molar-refractivity contribution in [1.82, 2.24) is 0 Å². The van der Waals surface area contributed by atoms with Crippen LogP contribution in [-0.4, -0.2) is 25.7 Å². The fourth-order valence-electron chi connectivity index (χ4n) is 1.41. The monoisotopic (exact) mass is 344 g/mol. The van der Waals surface area contributed by atoms with Gasteiger partial charge < -0.3 is 9.47 Å². The topological polar surface area (TPSA) is 52.6 Å². The summed E-state index contributed by atoms with van der Waals surface area (Å²) < 4.78 is 10.2. The molecule has 0 N–H and O–H groups in total. The molecule has 4 nitrogen and oxygen atoms in total. The van der Waals surface area contributed by atoms with Gasteiger partial charge in [-0.25, -0.2) is 0 Å². The van der Waals surface area contributed by atoms with Crippen LogP contribution in [0.5, 0.6) is 0 Å². The van der Waals surface area contributed by atoms with Crippen molar-refractivity contribution in [2.45, 2.75) is 27.2 Å². The smallest absolute Gasteiger partial charge is 0.308 e. The molecule has 0 fully saturated rings. The number of esters is 1. The average Bonchev–Trinajstić information content (AvgIpc) is 2.43. The zero-order valence-electron chi connectivity index (χ0n) is 12.1. The van der Waals surface area contributed by atoms with Crippen LogP contribution in [0, 0.1) is 5.92 Å². The molecule has 1 aromatic rings. The summed E-state index contributed by atoms with van der Waals surface area (Å²) in [5.41, 5.74) is 1.15. The molecular formula is C15H21BrO4. The van der Waals surface area contributed by atoms with Gasteiger partial charge >= 0.3 is 5.97 Å². The summed E-state index contributed by atoms with van der Waals surface area (Å²) in [5, 5.41) is 0. The van der Waals surface area contributed by atoms with E-state index >= 15 is 0 Å². The van der Waals surface area contributed by atoms with Crippen molar-refractivity contribution < 1.29 is 19.1 Å². The first-order valence-corrected chi connectivity index (χ1v) is 7.30. The van der Waals surface area contributed by atoms with Crippen LogP contribution in [0.2, 0.25) is 0 Å². The molecule has 0 aliphatic carbocycles. The molecule has 1 aromatic carbocycles. The standard InChI is InChI=1S/C12H15BrO2.C3H6O2/c1-3-15-12(14)9(2)8-10-4-6-11(13)7-5-10;1-2-5-3-4/h4-7,9H,3,8H2,1-2H3;3H,2H2,1H3. The van der Waals surface area contributed by atoms with E-state index in [1.54, 1.807) is 6.92 Å². The number of ether oxygens (including phenoxy) is 2. The van der Waals surface area contributed by atoms with Crippen LogP contribution in [0.4, 0.5) is 0 Å². The molecule has 20 heavy (non-hydrogen) atoms. The number of benzene rings is 1. The minimum atomic E-state index is -0.125. The van der Waals surface area contributed by atoms with Crippen LogP contribution < -0.4 is 0 Å². The highest BCUT2D eigenvalue weighted by Crippen LogP contribution is 2.14. The number of hydrogen-bond acceptors (Lipinski definition) is 4. The fourth-order valence-corrected chi connectivity index (χ4v) is 1.67. The van der Waals surface area contributed by atoms with Crippen LogP contribution in [-0.2, 0) is 25.5 Å². The average molecular weight is 345 g/mol. The van der Waals surface area contributed by atoms with Gasteiger partial charge in [0.1, 0.15) is 0 Å². The molecule has 0 saturated heterocycles. The number of carbonyl (C=O) groups excluding carboxylic acids is 2. The first-order valence-electron chi connectivity index (χ1n) is 6.51. The number of halogens is 1. The Morgan fingerprint density at radius 3 is 2.25 bits per heavy atom. The van der Waals surface area contributed by atoms with Crippen molar-refractivity contribution in [3.8, 4) is 0 Å². The van der Waals surface area contributed by atoms with E-state index in [0.717, 1.165) is 16.5 Å². The lowest BCUT2D eigenvalue weighted by molar-refractivity contribution is -0.147. The summed E-state index contributed by atoms with van der Waals surface area (Å²) in [6.45, 7) is 6.83. The third-order valence-corrected chi connectivity index (χ3v) is 2.91. The van der Waals surface area contributed by atoms with E-state index in [9.17, 15) is 9.59 Å².